The number of nitrogens with zero attached hydrogens (tertiary/aromatic N) is 1. The Kier molecular flexibility index (Phi) is 7.70. The molecule has 33 heavy (non-hydrogen) atoms. The van der Waals surface area contributed by atoms with Gasteiger partial charge < -0.3 is 14.5 Å². The van der Waals surface area contributed by atoms with Gasteiger partial charge in [0.15, 0.2) is 12.4 Å². The van der Waals surface area contributed by atoms with Crippen LogP contribution in [-0.4, -0.2) is 50.1 Å². The Labute approximate surface area is 193 Å². The molecule has 1 aliphatic heterocycles. The predicted molar refractivity (Wildman–Crippen MR) is 119 cm³/mol. The highest BCUT2D eigenvalue weighted by Crippen LogP contribution is 2.26. The molecule has 1 saturated heterocycles. The van der Waals surface area contributed by atoms with E-state index in [0.29, 0.717) is 18.8 Å². The second kappa shape index (κ2) is 10.3. The van der Waals surface area contributed by atoms with Gasteiger partial charge in [0.25, 0.3) is 0 Å². The molecule has 9 nitrogen and oxygen atoms in total. The molecule has 1 aromatic carbocycles. The second-order valence-electron chi connectivity index (χ2n) is 8.47. The van der Waals surface area contributed by atoms with Crippen molar-refractivity contribution in [3.63, 3.8) is 0 Å². The van der Waals surface area contributed by atoms with Gasteiger partial charge in [-0.1, -0.05) is 13.8 Å². The van der Waals surface area contributed by atoms with Gasteiger partial charge in [0, 0.05) is 20.0 Å². The number of sulfonamides is 1. The molecule has 178 valence electrons. The third-order valence-corrected chi connectivity index (χ3v) is 7.19. The smallest absolute Gasteiger partial charge is 0.338 e. The van der Waals surface area contributed by atoms with E-state index in [1.165, 1.54) is 41.6 Å². The number of benzene rings is 1. The number of esters is 1. The molecular formula is C23H28N2O7S. The molecule has 10 heteroatoms. The summed E-state index contributed by atoms with van der Waals surface area (Å²) < 4.78 is 37.8. The van der Waals surface area contributed by atoms with Gasteiger partial charge in [0.1, 0.15) is 5.76 Å². The van der Waals surface area contributed by atoms with E-state index in [9.17, 15) is 22.8 Å². The average molecular weight is 477 g/mol. The highest BCUT2D eigenvalue weighted by atomic mass is 32.2. The summed E-state index contributed by atoms with van der Waals surface area (Å²) in [6, 6.07) is 8.48. The number of ketones is 1. The van der Waals surface area contributed by atoms with Crippen LogP contribution in [0.3, 0.4) is 0 Å². The van der Waals surface area contributed by atoms with Crippen LogP contribution >= 0.6 is 0 Å². The molecule has 1 N–H and O–H groups in total. The highest BCUT2D eigenvalue weighted by molar-refractivity contribution is 7.89. The molecule has 3 rings (SSSR count). The second-order valence-corrected chi connectivity index (χ2v) is 10.4. The SMILES string of the molecule is CC(=O)NCc1ccc(C(=O)COC(=O)c2ccc(S(=O)(=O)N3C[C@@H](C)C[C@H](C)C3)cc2)o1. The summed E-state index contributed by atoms with van der Waals surface area (Å²) in [5.74, 6) is -0.546. The molecule has 2 aromatic rings. The maximum absolute atomic E-state index is 12.9. The lowest BCUT2D eigenvalue weighted by Gasteiger charge is -2.34. The van der Waals surface area contributed by atoms with Crippen LogP contribution in [0.25, 0.3) is 0 Å². The zero-order valence-corrected chi connectivity index (χ0v) is 19.7. The lowest BCUT2D eigenvalue weighted by Crippen LogP contribution is -2.42. The van der Waals surface area contributed by atoms with Crippen LogP contribution in [0.15, 0.2) is 45.7 Å². The maximum Gasteiger partial charge on any atom is 0.338 e. The van der Waals surface area contributed by atoms with E-state index < -0.39 is 28.4 Å². The lowest BCUT2D eigenvalue weighted by atomic mass is 9.94. The molecule has 0 spiro atoms. The zero-order chi connectivity index (χ0) is 24.2. The number of carbonyl (C=O) groups excluding carboxylic acids is 3. The van der Waals surface area contributed by atoms with Crippen LogP contribution in [0, 0.1) is 11.8 Å². The largest absolute Gasteiger partial charge is 0.456 e. The Hall–Kier alpha value is -2.98. The van der Waals surface area contributed by atoms with Gasteiger partial charge in [0.2, 0.25) is 21.7 Å². The van der Waals surface area contributed by atoms with Crippen molar-refractivity contribution in [3.05, 3.63) is 53.5 Å². The van der Waals surface area contributed by atoms with E-state index in [-0.39, 0.29) is 40.5 Å². The molecule has 0 radical (unpaired) electrons. The lowest BCUT2D eigenvalue weighted by molar-refractivity contribution is -0.119. The first-order valence-electron chi connectivity index (χ1n) is 10.7. The monoisotopic (exact) mass is 476 g/mol. The predicted octanol–water partition coefficient (Wildman–Crippen LogP) is 2.62. The first-order chi connectivity index (χ1) is 15.6. The number of ether oxygens (including phenoxy) is 1. The molecular weight excluding hydrogens is 448 g/mol. The van der Waals surface area contributed by atoms with Gasteiger partial charge in [-0.05, 0) is 54.7 Å². The number of furan rings is 1. The van der Waals surface area contributed by atoms with Crippen molar-refractivity contribution in [2.75, 3.05) is 19.7 Å². The van der Waals surface area contributed by atoms with Crippen LogP contribution in [0.5, 0.6) is 0 Å². The van der Waals surface area contributed by atoms with Crippen LogP contribution in [0.2, 0.25) is 0 Å². The minimum absolute atomic E-state index is 0.00887. The number of hydrogen-bond donors (Lipinski definition) is 1. The van der Waals surface area contributed by atoms with Crippen molar-refractivity contribution < 1.29 is 32.0 Å². The molecule has 1 aliphatic rings. The van der Waals surface area contributed by atoms with Gasteiger partial charge in [-0.2, -0.15) is 4.31 Å². The molecule has 1 amide bonds. The average Bonchev–Trinajstić information content (AvgIpc) is 3.24. The van der Waals surface area contributed by atoms with Gasteiger partial charge in [-0.3, -0.25) is 9.59 Å². The van der Waals surface area contributed by atoms with Crippen LogP contribution < -0.4 is 5.32 Å². The molecule has 0 bridgehead atoms. The Balaban J connectivity index is 1.58. The Morgan fingerprint density at radius 2 is 1.70 bits per heavy atom. The number of piperidine rings is 1. The number of carbonyl (C=O) groups is 3. The van der Waals surface area contributed by atoms with Crippen molar-refractivity contribution in [2.24, 2.45) is 11.8 Å². The van der Waals surface area contributed by atoms with Crippen LogP contribution in [0.4, 0.5) is 0 Å². The highest BCUT2D eigenvalue weighted by Gasteiger charge is 2.31. The first kappa shape index (κ1) is 24.7. The van der Waals surface area contributed by atoms with Crippen LogP contribution in [-0.2, 0) is 26.1 Å². The number of nitrogens with one attached hydrogen (secondary N) is 1. The maximum atomic E-state index is 12.9. The van der Waals surface area contributed by atoms with Crippen molar-refractivity contribution in [2.45, 2.75) is 38.6 Å². The number of hydrogen-bond acceptors (Lipinski definition) is 7. The summed E-state index contributed by atoms with van der Waals surface area (Å²) in [5.41, 5.74) is 0.132. The summed E-state index contributed by atoms with van der Waals surface area (Å²) >= 11 is 0. The van der Waals surface area contributed by atoms with Gasteiger partial charge in [-0.25, -0.2) is 13.2 Å². The van der Waals surface area contributed by atoms with E-state index in [0.717, 1.165) is 6.42 Å². The van der Waals surface area contributed by atoms with E-state index in [2.05, 4.69) is 5.32 Å². The fourth-order valence-electron chi connectivity index (χ4n) is 3.83. The molecule has 0 aliphatic carbocycles. The van der Waals surface area contributed by atoms with Crippen molar-refractivity contribution in [1.29, 1.82) is 0 Å². The minimum Gasteiger partial charge on any atom is -0.456 e. The first-order valence-corrected chi connectivity index (χ1v) is 12.1. The van der Waals surface area contributed by atoms with E-state index in [1.807, 2.05) is 13.8 Å². The van der Waals surface area contributed by atoms with Crippen molar-refractivity contribution >= 4 is 27.7 Å². The zero-order valence-electron chi connectivity index (χ0n) is 18.9. The Morgan fingerprint density at radius 3 is 2.30 bits per heavy atom. The number of Topliss-reactive ketones (excluding diaryl/α,β-unsaturated/α-hetero) is 1. The minimum atomic E-state index is -3.65. The normalized spacial score (nSPS) is 19.1. The fourth-order valence-corrected chi connectivity index (χ4v) is 5.51. The quantitative estimate of drug-likeness (QED) is 0.459. The Morgan fingerprint density at radius 1 is 1.06 bits per heavy atom. The topological polar surface area (TPSA) is 123 Å². The fraction of sp³-hybridized carbons (Fsp3) is 0.435. The van der Waals surface area contributed by atoms with E-state index in [1.54, 1.807) is 6.07 Å². The van der Waals surface area contributed by atoms with Crippen molar-refractivity contribution in [3.8, 4) is 0 Å². The molecule has 1 aromatic heterocycles. The van der Waals surface area contributed by atoms with Crippen LogP contribution in [0.1, 0.15) is 53.9 Å². The summed E-state index contributed by atoms with van der Waals surface area (Å²) in [5, 5.41) is 2.55. The molecule has 2 atom stereocenters. The number of amides is 1. The summed E-state index contributed by atoms with van der Waals surface area (Å²) in [6.45, 7) is 5.99. The van der Waals surface area contributed by atoms with Gasteiger partial charge in [-0.15, -0.1) is 0 Å². The Bertz CT molecular complexity index is 1110. The van der Waals surface area contributed by atoms with E-state index >= 15 is 0 Å². The number of rotatable bonds is 8. The summed E-state index contributed by atoms with van der Waals surface area (Å²) in [4.78, 5) is 35.6. The van der Waals surface area contributed by atoms with Crippen molar-refractivity contribution in [1.82, 2.24) is 9.62 Å². The molecule has 2 heterocycles. The summed E-state index contributed by atoms with van der Waals surface area (Å²) in [6.07, 6.45) is 0.990. The third-order valence-electron chi connectivity index (χ3n) is 5.35. The van der Waals surface area contributed by atoms with Gasteiger partial charge in [0.05, 0.1) is 17.0 Å². The molecule has 0 unspecified atom stereocenters. The molecule has 1 fully saturated rings. The third kappa shape index (κ3) is 6.29. The molecule has 0 saturated carbocycles. The summed E-state index contributed by atoms with van der Waals surface area (Å²) in [7, 11) is -3.65. The van der Waals surface area contributed by atoms with Gasteiger partial charge >= 0.3 is 5.97 Å². The standard InChI is InChI=1S/C23H28N2O7S/c1-15-10-16(2)13-25(12-15)33(29,30)20-7-4-18(5-8-20)23(28)31-14-21(27)22-9-6-19(32-22)11-24-17(3)26/h4-9,15-16H,10-14H2,1-3H3,(H,24,26)/t15-,16-/m0/s1. The van der Waals surface area contributed by atoms with E-state index in [4.69, 9.17) is 9.15 Å².